The number of nitrogens with zero attached hydrogens (tertiary/aromatic N) is 3. The second-order valence-electron chi connectivity index (χ2n) is 2.73. The third-order valence-corrected chi connectivity index (χ3v) is 1.67. The van der Waals surface area contributed by atoms with Gasteiger partial charge in [-0.2, -0.15) is 0 Å². The Labute approximate surface area is 75.1 Å². The molecule has 0 saturated carbocycles. The van der Waals surface area contributed by atoms with Gasteiger partial charge >= 0.3 is 0 Å². The summed E-state index contributed by atoms with van der Waals surface area (Å²) in [7, 11) is 1.61. The Kier molecular flexibility index (Phi) is 1.86. The van der Waals surface area contributed by atoms with Crippen LogP contribution in [0.25, 0.3) is 5.65 Å². The Morgan fingerprint density at radius 2 is 2.38 bits per heavy atom. The highest BCUT2D eigenvalue weighted by atomic mass is 16.5. The molecule has 5 heteroatoms. The largest absolute Gasteiger partial charge is 0.397 e. The monoisotopic (exact) mass is 178 g/mol. The minimum atomic E-state index is 0.418. The Balaban J connectivity index is 2.49. The van der Waals surface area contributed by atoms with Gasteiger partial charge in [0.15, 0.2) is 11.5 Å². The zero-order valence-corrected chi connectivity index (χ0v) is 7.27. The molecule has 2 aromatic heterocycles. The van der Waals surface area contributed by atoms with E-state index in [1.54, 1.807) is 23.9 Å². The Bertz CT molecular complexity index is 423. The Hall–Kier alpha value is -1.62. The Morgan fingerprint density at radius 3 is 3.15 bits per heavy atom. The van der Waals surface area contributed by atoms with Gasteiger partial charge in [0, 0.05) is 7.11 Å². The van der Waals surface area contributed by atoms with E-state index in [1.165, 1.54) is 0 Å². The summed E-state index contributed by atoms with van der Waals surface area (Å²) in [6.07, 6.45) is 1.72. The van der Waals surface area contributed by atoms with Crippen LogP contribution < -0.4 is 5.73 Å². The van der Waals surface area contributed by atoms with Gasteiger partial charge in [0.1, 0.15) is 6.61 Å². The van der Waals surface area contributed by atoms with E-state index in [0.717, 1.165) is 5.65 Å². The first-order valence-electron chi connectivity index (χ1n) is 3.89. The summed E-state index contributed by atoms with van der Waals surface area (Å²) in [4.78, 5) is 4.21. The molecule has 0 atom stereocenters. The van der Waals surface area contributed by atoms with Gasteiger partial charge in [0.2, 0.25) is 0 Å². The normalized spacial score (nSPS) is 10.8. The molecule has 68 valence electrons. The maximum atomic E-state index is 5.59. The molecule has 2 rings (SSSR count). The maximum Gasteiger partial charge on any atom is 0.177 e. The molecule has 0 amide bonds. The van der Waals surface area contributed by atoms with E-state index in [-0.39, 0.29) is 0 Å². The lowest BCUT2D eigenvalue weighted by atomic mass is 10.4. The van der Waals surface area contributed by atoms with Crippen LogP contribution in [0.15, 0.2) is 18.3 Å². The summed E-state index contributed by atoms with van der Waals surface area (Å²) in [5.74, 6) is 0.660. The third-order valence-electron chi connectivity index (χ3n) is 1.67. The van der Waals surface area contributed by atoms with Crippen LogP contribution in [0.1, 0.15) is 5.82 Å². The number of pyridine rings is 1. The minimum Gasteiger partial charge on any atom is -0.397 e. The van der Waals surface area contributed by atoms with Crippen molar-refractivity contribution in [3.8, 4) is 0 Å². The second-order valence-corrected chi connectivity index (χ2v) is 2.73. The van der Waals surface area contributed by atoms with Crippen LogP contribution in [0, 0.1) is 0 Å². The summed E-state index contributed by atoms with van der Waals surface area (Å²) in [6, 6.07) is 3.61. The van der Waals surface area contributed by atoms with E-state index >= 15 is 0 Å². The van der Waals surface area contributed by atoms with Crippen molar-refractivity contribution in [2.45, 2.75) is 6.61 Å². The fourth-order valence-corrected chi connectivity index (χ4v) is 1.14. The molecule has 0 fully saturated rings. The van der Waals surface area contributed by atoms with Gasteiger partial charge in [-0.25, -0.2) is 9.50 Å². The topological polar surface area (TPSA) is 65.4 Å². The molecular weight excluding hydrogens is 168 g/mol. The third kappa shape index (κ3) is 1.46. The number of rotatable bonds is 2. The number of nitrogen functional groups attached to an aromatic ring is 1. The molecule has 0 bridgehead atoms. The fourth-order valence-electron chi connectivity index (χ4n) is 1.14. The maximum absolute atomic E-state index is 5.59. The summed E-state index contributed by atoms with van der Waals surface area (Å²) in [6.45, 7) is 0.418. The molecule has 2 N–H and O–H groups in total. The summed E-state index contributed by atoms with van der Waals surface area (Å²) in [5.41, 5.74) is 7.03. The molecule has 2 heterocycles. The SMILES string of the molecule is COCc1nc2ccc(N)cn2n1. The number of hydrogen-bond donors (Lipinski definition) is 1. The van der Waals surface area contributed by atoms with Gasteiger partial charge in [0.25, 0.3) is 0 Å². The van der Waals surface area contributed by atoms with Crippen LogP contribution in [0.5, 0.6) is 0 Å². The first kappa shape index (κ1) is 8.00. The molecule has 0 aliphatic carbocycles. The van der Waals surface area contributed by atoms with Gasteiger partial charge in [0.05, 0.1) is 11.9 Å². The van der Waals surface area contributed by atoms with Crippen molar-refractivity contribution >= 4 is 11.3 Å². The van der Waals surface area contributed by atoms with Crippen LogP contribution >= 0.6 is 0 Å². The molecule has 0 aliphatic heterocycles. The van der Waals surface area contributed by atoms with E-state index in [2.05, 4.69) is 10.1 Å². The number of fused-ring (bicyclic) bond motifs is 1. The lowest BCUT2D eigenvalue weighted by Gasteiger charge is -1.91. The number of hydrogen-bond acceptors (Lipinski definition) is 4. The Morgan fingerprint density at radius 1 is 1.54 bits per heavy atom. The quantitative estimate of drug-likeness (QED) is 0.725. The number of methoxy groups -OCH3 is 1. The fraction of sp³-hybridized carbons (Fsp3) is 0.250. The summed E-state index contributed by atoms with van der Waals surface area (Å²) in [5, 5.41) is 4.16. The van der Waals surface area contributed by atoms with Crippen LogP contribution in [-0.2, 0) is 11.3 Å². The number of ether oxygens (including phenoxy) is 1. The van der Waals surface area contributed by atoms with Crippen molar-refractivity contribution in [3.05, 3.63) is 24.2 Å². The van der Waals surface area contributed by atoms with E-state index in [1.807, 2.05) is 6.07 Å². The lowest BCUT2D eigenvalue weighted by molar-refractivity contribution is 0.178. The smallest absolute Gasteiger partial charge is 0.177 e. The zero-order valence-electron chi connectivity index (χ0n) is 7.27. The summed E-state index contributed by atoms with van der Waals surface area (Å²) >= 11 is 0. The minimum absolute atomic E-state index is 0.418. The van der Waals surface area contributed by atoms with Crippen molar-refractivity contribution in [1.29, 1.82) is 0 Å². The standard InChI is InChI=1S/C8H10N4O/c1-13-5-7-10-8-3-2-6(9)4-12(8)11-7/h2-4H,5,9H2,1H3. The lowest BCUT2D eigenvalue weighted by Crippen LogP contribution is -1.93. The molecule has 0 radical (unpaired) electrons. The van der Waals surface area contributed by atoms with Crippen molar-refractivity contribution in [2.24, 2.45) is 0 Å². The molecule has 5 nitrogen and oxygen atoms in total. The molecule has 2 aromatic rings. The predicted molar refractivity (Wildman–Crippen MR) is 48.1 cm³/mol. The summed E-state index contributed by atoms with van der Waals surface area (Å²) < 4.78 is 6.56. The van der Waals surface area contributed by atoms with Crippen molar-refractivity contribution in [3.63, 3.8) is 0 Å². The molecule has 13 heavy (non-hydrogen) atoms. The van der Waals surface area contributed by atoms with E-state index < -0.39 is 0 Å². The number of nitrogens with two attached hydrogens (primary N) is 1. The molecule has 0 aromatic carbocycles. The van der Waals surface area contributed by atoms with Crippen LogP contribution in [0.4, 0.5) is 5.69 Å². The highest BCUT2D eigenvalue weighted by Gasteiger charge is 2.01. The number of anilines is 1. The van der Waals surface area contributed by atoms with Crippen LogP contribution in [0.2, 0.25) is 0 Å². The van der Waals surface area contributed by atoms with E-state index in [0.29, 0.717) is 18.1 Å². The number of aromatic nitrogens is 3. The first-order chi connectivity index (χ1) is 6.29. The second kappa shape index (κ2) is 3.02. The molecule has 0 aliphatic rings. The highest BCUT2D eigenvalue weighted by molar-refractivity contribution is 5.46. The van der Waals surface area contributed by atoms with Crippen LogP contribution in [0.3, 0.4) is 0 Å². The van der Waals surface area contributed by atoms with Gasteiger partial charge in [-0.15, -0.1) is 5.10 Å². The molecule has 0 spiro atoms. The zero-order chi connectivity index (χ0) is 9.26. The van der Waals surface area contributed by atoms with Gasteiger partial charge in [-0.1, -0.05) is 0 Å². The molecule has 0 saturated heterocycles. The average Bonchev–Trinajstić information content (AvgIpc) is 2.46. The van der Waals surface area contributed by atoms with Crippen molar-refractivity contribution < 1.29 is 4.74 Å². The predicted octanol–water partition coefficient (Wildman–Crippen LogP) is 0.458. The van der Waals surface area contributed by atoms with Crippen molar-refractivity contribution in [1.82, 2.24) is 14.6 Å². The van der Waals surface area contributed by atoms with Gasteiger partial charge < -0.3 is 10.5 Å². The molecular formula is C8H10N4O. The first-order valence-corrected chi connectivity index (χ1v) is 3.89. The van der Waals surface area contributed by atoms with E-state index in [4.69, 9.17) is 10.5 Å². The van der Waals surface area contributed by atoms with Gasteiger partial charge in [-0.05, 0) is 12.1 Å². The van der Waals surface area contributed by atoms with Gasteiger partial charge in [-0.3, -0.25) is 0 Å². The molecule has 0 unspecified atom stereocenters. The highest BCUT2D eigenvalue weighted by Crippen LogP contribution is 2.06. The van der Waals surface area contributed by atoms with Crippen LogP contribution in [-0.4, -0.2) is 21.7 Å². The van der Waals surface area contributed by atoms with E-state index in [9.17, 15) is 0 Å². The average molecular weight is 178 g/mol. The van der Waals surface area contributed by atoms with Crippen molar-refractivity contribution in [2.75, 3.05) is 12.8 Å².